The third-order valence-electron chi connectivity index (χ3n) is 3.79. The predicted octanol–water partition coefficient (Wildman–Crippen LogP) is 3.25. The maximum Gasteiger partial charge on any atom is 0.261 e. The highest BCUT2D eigenvalue weighted by Gasteiger charge is 2.16. The summed E-state index contributed by atoms with van der Waals surface area (Å²) < 4.78 is 14.9. The monoisotopic (exact) mass is 310 g/mol. The van der Waals surface area contributed by atoms with Crippen molar-refractivity contribution in [3.8, 4) is 11.4 Å². The van der Waals surface area contributed by atoms with Crippen molar-refractivity contribution in [2.45, 2.75) is 13.8 Å². The van der Waals surface area contributed by atoms with Crippen molar-refractivity contribution in [1.29, 1.82) is 0 Å². The van der Waals surface area contributed by atoms with Gasteiger partial charge in [0, 0.05) is 18.2 Å². The standard InChI is InChI=1S/C18H15FN2O2/c1-10-7-14(11(2)22)16-15(8-10)18(23)21(3)17(20-16)12-5-4-6-13(19)9-12/h4-9H,1-3H3. The van der Waals surface area contributed by atoms with E-state index in [0.717, 1.165) is 5.56 Å². The van der Waals surface area contributed by atoms with Crippen molar-refractivity contribution >= 4 is 16.7 Å². The number of carbonyl (C=O) groups is 1. The van der Waals surface area contributed by atoms with Crippen molar-refractivity contribution in [3.63, 3.8) is 0 Å². The van der Waals surface area contributed by atoms with Gasteiger partial charge in [0.15, 0.2) is 5.78 Å². The fraction of sp³-hybridized carbons (Fsp3) is 0.167. The minimum Gasteiger partial charge on any atom is -0.295 e. The van der Waals surface area contributed by atoms with Crippen molar-refractivity contribution in [3.05, 3.63) is 63.7 Å². The van der Waals surface area contributed by atoms with Gasteiger partial charge in [0.05, 0.1) is 10.9 Å². The quantitative estimate of drug-likeness (QED) is 0.683. The topological polar surface area (TPSA) is 52.0 Å². The number of fused-ring (bicyclic) bond motifs is 1. The van der Waals surface area contributed by atoms with Gasteiger partial charge in [-0.15, -0.1) is 0 Å². The Kier molecular flexibility index (Phi) is 3.56. The molecule has 1 aromatic heterocycles. The Morgan fingerprint density at radius 3 is 2.61 bits per heavy atom. The van der Waals surface area contributed by atoms with Crippen LogP contribution in [0.25, 0.3) is 22.3 Å². The van der Waals surface area contributed by atoms with Crippen LogP contribution in [0.3, 0.4) is 0 Å². The first-order valence-corrected chi connectivity index (χ1v) is 7.16. The summed E-state index contributed by atoms with van der Waals surface area (Å²) in [6, 6.07) is 9.31. The van der Waals surface area contributed by atoms with E-state index >= 15 is 0 Å². The van der Waals surface area contributed by atoms with Crippen molar-refractivity contribution in [2.75, 3.05) is 0 Å². The number of rotatable bonds is 2. The Morgan fingerprint density at radius 1 is 1.22 bits per heavy atom. The molecule has 116 valence electrons. The highest BCUT2D eigenvalue weighted by molar-refractivity contribution is 6.05. The SMILES string of the molecule is CC(=O)c1cc(C)cc2c(=O)n(C)c(-c3cccc(F)c3)nc12. The van der Waals surface area contributed by atoms with E-state index in [0.29, 0.717) is 27.9 Å². The molecule has 3 rings (SSSR count). The van der Waals surface area contributed by atoms with Crippen LogP contribution in [0, 0.1) is 12.7 Å². The number of benzene rings is 2. The lowest BCUT2D eigenvalue weighted by molar-refractivity contribution is 0.101. The van der Waals surface area contributed by atoms with Crippen LogP contribution in [0.2, 0.25) is 0 Å². The second-order valence-corrected chi connectivity index (χ2v) is 5.57. The third-order valence-corrected chi connectivity index (χ3v) is 3.79. The Balaban J connectivity index is 2.44. The molecular weight excluding hydrogens is 295 g/mol. The molecule has 0 amide bonds. The van der Waals surface area contributed by atoms with E-state index in [4.69, 9.17) is 0 Å². The number of carbonyl (C=O) groups excluding carboxylic acids is 1. The fourth-order valence-electron chi connectivity index (χ4n) is 2.67. The smallest absolute Gasteiger partial charge is 0.261 e. The van der Waals surface area contributed by atoms with E-state index in [1.807, 2.05) is 6.92 Å². The molecule has 5 heteroatoms. The minimum absolute atomic E-state index is 0.162. The lowest BCUT2D eigenvalue weighted by Gasteiger charge is -2.12. The second-order valence-electron chi connectivity index (χ2n) is 5.57. The van der Waals surface area contributed by atoms with Crippen LogP contribution >= 0.6 is 0 Å². The first-order chi connectivity index (χ1) is 10.9. The molecule has 0 aliphatic heterocycles. The van der Waals surface area contributed by atoms with E-state index in [9.17, 15) is 14.0 Å². The average molecular weight is 310 g/mol. The Hall–Kier alpha value is -2.82. The zero-order valence-electron chi connectivity index (χ0n) is 13.1. The molecule has 0 radical (unpaired) electrons. The lowest BCUT2D eigenvalue weighted by Crippen LogP contribution is -2.21. The average Bonchev–Trinajstić information content (AvgIpc) is 2.50. The summed E-state index contributed by atoms with van der Waals surface area (Å²) in [6.07, 6.45) is 0. The molecule has 0 fully saturated rings. The van der Waals surface area contributed by atoms with Crippen LogP contribution in [0.15, 0.2) is 41.2 Å². The Bertz CT molecular complexity index is 1010. The molecule has 2 aromatic carbocycles. The number of aryl methyl sites for hydroxylation is 1. The zero-order valence-corrected chi connectivity index (χ0v) is 13.1. The summed E-state index contributed by atoms with van der Waals surface area (Å²) in [4.78, 5) is 29.0. The van der Waals surface area contributed by atoms with Crippen LogP contribution in [-0.2, 0) is 7.05 Å². The van der Waals surface area contributed by atoms with E-state index in [1.54, 1.807) is 31.3 Å². The lowest BCUT2D eigenvalue weighted by atomic mass is 10.0. The van der Waals surface area contributed by atoms with Crippen LogP contribution in [0.1, 0.15) is 22.8 Å². The molecular formula is C18H15FN2O2. The molecule has 0 atom stereocenters. The first kappa shape index (κ1) is 15.1. The molecule has 0 N–H and O–H groups in total. The van der Waals surface area contributed by atoms with Gasteiger partial charge in [0.25, 0.3) is 5.56 Å². The summed E-state index contributed by atoms with van der Waals surface area (Å²) >= 11 is 0. The van der Waals surface area contributed by atoms with Gasteiger partial charge in [-0.2, -0.15) is 0 Å². The zero-order chi connectivity index (χ0) is 16.7. The van der Waals surface area contributed by atoms with Crippen LogP contribution in [0.4, 0.5) is 4.39 Å². The van der Waals surface area contributed by atoms with E-state index < -0.39 is 5.82 Å². The summed E-state index contributed by atoms with van der Waals surface area (Å²) in [5, 5.41) is 0.387. The molecule has 0 bridgehead atoms. The Morgan fingerprint density at radius 2 is 1.96 bits per heavy atom. The van der Waals surface area contributed by atoms with Gasteiger partial charge in [-0.1, -0.05) is 12.1 Å². The van der Waals surface area contributed by atoms with Crippen LogP contribution in [0.5, 0.6) is 0 Å². The molecule has 0 saturated carbocycles. The molecule has 23 heavy (non-hydrogen) atoms. The number of Topliss-reactive ketones (excluding diaryl/α,β-unsaturated/α-hetero) is 1. The predicted molar refractivity (Wildman–Crippen MR) is 87.1 cm³/mol. The maximum atomic E-state index is 13.5. The van der Waals surface area contributed by atoms with Crippen LogP contribution in [-0.4, -0.2) is 15.3 Å². The molecule has 3 aromatic rings. The molecule has 0 aliphatic carbocycles. The molecule has 0 spiro atoms. The van der Waals surface area contributed by atoms with E-state index in [2.05, 4.69) is 4.98 Å². The summed E-state index contributed by atoms with van der Waals surface area (Å²) in [5.41, 5.74) is 1.79. The van der Waals surface area contributed by atoms with Gasteiger partial charge in [-0.25, -0.2) is 9.37 Å². The molecule has 0 aliphatic rings. The van der Waals surface area contributed by atoms with Gasteiger partial charge < -0.3 is 0 Å². The van der Waals surface area contributed by atoms with Gasteiger partial charge in [-0.05, 0) is 43.7 Å². The number of ketones is 1. The van der Waals surface area contributed by atoms with Gasteiger partial charge in [0.2, 0.25) is 0 Å². The van der Waals surface area contributed by atoms with Crippen molar-refractivity contribution in [1.82, 2.24) is 9.55 Å². The number of hydrogen-bond donors (Lipinski definition) is 0. The minimum atomic E-state index is -0.410. The van der Waals surface area contributed by atoms with Crippen molar-refractivity contribution in [2.24, 2.45) is 7.05 Å². The maximum absolute atomic E-state index is 13.5. The third kappa shape index (κ3) is 2.54. The molecule has 4 nitrogen and oxygen atoms in total. The molecule has 1 heterocycles. The fourth-order valence-corrected chi connectivity index (χ4v) is 2.67. The van der Waals surface area contributed by atoms with Gasteiger partial charge in [0.1, 0.15) is 11.6 Å². The first-order valence-electron chi connectivity index (χ1n) is 7.16. The Labute approximate surface area is 132 Å². The van der Waals surface area contributed by atoms with E-state index in [1.165, 1.54) is 23.6 Å². The number of aromatic nitrogens is 2. The van der Waals surface area contributed by atoms with Gasteiger partial charge >= 0.3 is 0 Å². The van der Waals surface area contributed by atoms with Gasteiger partial charge in [-0.3, -0.25) is 14.2 Å². The number of halogens is 1. The highest BCUT2D eigenvalue weighted by atomic mass is 19.1. The summed E-state index contributed by atoms with van der Waals surface area (Å²) in [7, 11) is 1.59. The van der Waals surface area contributed by atoms with E-state index in [-0.39, 0.29) is 11.3 Å². The summed E-state index contributed by atoms with van der Waals surface area (Å²) in [6.45, 7) is 3.26. The molecule has 0 unspecified atom stereocenters. The largest absolute Gasteiger partial charge is 0.295 e. The van der Waals surface area contributed by atoms with Crippen molar-refractivity contribution < 1.29 is 9.18 Å². The normalized spacial score (nSPS) is 11.0. The number of nitrogens with zero attached hydrogens (tertiary/aromatic N) is 2. The second kappa shape index (κ2) is 5.43. The molecule has 0 saturated heterocycles. The number of hydrogen-bond acceptors (Lipinski definition) is 3. The summed E-state index contributed by atoms with van der Waals surface area (Å²) in [5.74, 6) is -0.245. The van der Waals surface area contributed by atoms with Crippen LogP contribution < -0.4 is 5.56 Å². The highest BCUT2D eigenvalue weighted by Crippen LogP contribution is 2.22.